The molecule has 0 aliphatic carbocycles. The molecule has 0 aromatic heterocycles. The predicted molar refractivity (Wildman–Crippen MR) is 75.9 cm³/mol. The summed E-state index contributed by atoms with van der Waals surface area (Å²) in [7, 11) is 0. The number of carbonyl (C=O) groups is 1. The maximum absolute atomic E-state index is 11.0. The summed E-state index contributed by atoms with van der Waals surface area (Å²) in [5.74, 6) is 0.948. The van der Waals surface area contributed by atoms with E-state index in [0.717, 1.165) is 5.75 Å². The highest BCUT2D eigenvalue weighted by atomic mass is 16.5. The Balaban J connectivity index is 2.13. The van der Waals surface area contributed by atoms with Gasteiger partial charge in [-0.25, -0.2) is 0 Å². The van der Waals surface area contributed by atoms with Gasteiger partial charge < -0.3 is 10.5 Å². The van der Waals surface area contributed by atoms with E-state index in [-0.39, 0.29) is 0 Å². The van der Waals surface area contributed by atoms with E-state index in [0.29, 0.717) is 16.9 Å². The van der Waals surface area contributed by atoms with Crippen LogP contribution in [0.3, 0.4) is 0 Å². The van der Waals surface area contributed by atoms with Crippen molar-refractivity contribution in [2.24, 2.45) is 5.73 Å². The van der Waals surface area contributed by atoms with Crippen LogP contribution in [0.15, 0.2) is 55.1 Å². The zero-order chi connectivity index (χ0) is 13.8. The van der Waals surface area contributed by atoms with Gasteiger partial charge in [0.2, 0.25) is 5.91 Å². The van der Waals surface area contributed by atoms with Crippen molar-refractivity contribution >= 4 is 11.5 Å². The molecule has 0 saturated heterocycles. The van der Waals surface area contributed by atoms with Crippen LogP contribution in [0.4, 0.5) is 0 Å². The smallest absolute Gasteiger partial charge is 0.248 e. The Bertz CT molecular complexity index is 598. The summed E-state index contributed by atoms with van der Waals surface area (Å²) in [5, 5.41) is 0. The van der Waals surface area contributed by atoms with Crippen LogP contribution < -0.4 is 10.5 Å². The topological polar surface area (TPSA) is 52.3 Å². The Kier molecular flexibility index (Phi) is 3.66. The van der Waals surface area contributed by atoms with Gasteiger partial charge in [0.05, 0.1) is 0 Å². The van der Waals surface area contributed by atoms with Crippen molar-refractivity contribution < 1.29 is 9.53 Å². The lowest BCUT2D eigenvalue weighted by Gasteiger charge is -2.07. The maximum Gasteiger partial charge on any atom is 0.248 e. The number of hydrogen-bond acceptors (Lipinski definition) is 2. The molecule has 2 aromatic rings. The van der Waals surface area contributed by atoms with Gasteiger partial charge in [0.1, 0.15) is 11.5 Å². The Morgan fingerprint density at radius 2 is 1.47 bits per heavy atom. The van der Waals surface area contributed by atoms with Gasteiger partial charge in [0, 0.05) is 5.57 Å². The van der Waals surface area contributed by atoms with Gasteiger partial charge in [-0.15, -0.1) is 0 Å². The van der Waals surface area contributed by atoms with E-state index in [1.54, 1.807) is 24.3 Å². The van der Waals surface area contributed by atoms with Crippen molar-refractivity contribution in [1.29, 1.82) is 0 Å². The van der Waals surface area contributed by atoms with E-state index in [4.69, 9.17) is 10.5 Å². The third-order valence-electron chi connectivity index (χ3n) is 2.76. The minimum atomic E-state index is -0.521. The molecular weight excluding hydrogens is 238 g/mol. The summed E-state index contributed by atoms with van der Waals surface area (Å²) in [5.41, 5.74) is 7.35. The second kappa shape index (κ2) is 5.40. The van der Waals surface area contributed by atoms with Crippen molar-refractivity contribution in [2.45, 2.75) is 6.92 Å². The Morgan fingerprint density at radius 1 is 1.00 bits per heavy atom. The highest BCUT2D eigenvalue weighted by molar-refractivity contribution is 6.17. The van der Waals surface area contributed by atoms with Gasteiger partial charge in [-0.3, -0.25) is 4.79 Å². The van der Waals surface area contributed by atoms with Crippen molar-refractivity contribution in [2.75, 3.05) is 0 Å². The summed E-state index contributed by atoms with van der Waals surface area (Å²) in [6.07, 6.45) is 0. The quantitative estimate of drug-likeness (QED) is 0.850. The van der Waals surface area contributed by atoms with Gasteiger partial charge in [0.25, 0.3) is 0 Å². The molecule has 0 saturated carbocycles. The molecule has 0 fully saturated rings. The lowest BCUT2D eigenvalue weighted by Crippen LogP contribution is -2.11. The van der Waals surface area contributed by atoms with Crippen molar-refractivity contribution in [3.8, 4) is 11.5 Å². The van der Waals surface area contributed by atoms with E-state index in [1.807, 2.05) is 31.2 Å². The molecule has 0 aliphatic rings. The largest absolute Gasteiger partial charge is 0.457 e. The summed E-state index contributed by atoms with van der Waals surface area (Å²) >= 11 is 0. The fourth-order valence-corrected chi connectivity index (χ4v) is 1.61. The molecule has 0 bridgehead atoms. The van der Waals surface area contributed by atoms with E-state index < -0.39 is 5.91 Å². The zero-order valence-electron chi connectivity index (χ0n) is 10.7. The number of rotatable bonds is 4. The number of amides is 1. The van der Waals surface area contributed by atoms with E-state index in [1.165, 1.54) is 5.56 Å². The molecule has 2 N–H and O–H groups in total. The van der Waals surface area contributed by atoms with Crippen LogP contribution >= 0.6 is 0 Å². The minimum Gasteiger partial charge on any atom is -0.457 e. The molecule has 2 rings (SSSR count). The highest BCUT2D eigenvalue weighted by Crippen LogP contribution is 2.23. The van der Waals surface area contributed by atoms with Crippen LogP contribution in [0.25, 0.3) is 5.57 Å². The van der Waals surface area contributed by atoms with Crippen LogP contribution in [0.5, 0.6) is 11.5 Å². The summed E-state index contributed by atoms with van der Waals surface area (Å²) in [6, 6.07) is 14.9. The van der Waals surface area contributed by atoms with Crippen LogP contribution in [0.2, 0.25) is 0 Å². The molecule has 2 aromatic carbocycles. The molecule has 0 heterocycles. The van der Waals surface area contributed by atoms with Crippen molar-refractivity contribution in [3.05, 3.63) is 66.2 Å². The minimum absolute atomic E-state index is 0.293. The predicted octanol–water partition coefficient (Wildman–Crippen LogP) is 3.29. The van der Waals surface area contributed by atoms with Crippen LogP contribution in [-0.4, -0.2) is 5.91 Å². The van der Waals surface area contributed by atoms with Gasteiger partial charge in [-0.1, -0.05) is 36.4 Å². The molecule has 3 nitrogen and oxygen atoms in total. The third-order valence-corrected chi connectivity index (χ3v) is 2.76. The number of ether oxygens (including phenoxy) is 1. The zero-order valence-corrected chi connectivity index (χ0v) is 10.7. The van der Waals surface area contributed by atoms with Gasteiger partial charge in [-0.05, 0) is 36.8 Å². The fraction of sp³-hybridized carbons (Fsp3) is 0.0625. The first kappa shape index (κ1) is 12.9. The van der Waals surface area contributed by atoms with Crippen molar-refractivity contribution in [1.82, 2.24) is 0 Å². The number of hydrogen-bond donors (Lipinski definition) is 1. The van der Waals surface area contributed by atoms with E-state index in [9.17, 15) is 4.79 Å². The van der Waals surface area contributed by atoms with Crippen LogP contribution in [0.1, 0.15) is 11.1 Å². The molecular formula is C16H15NO2. The average Bonchev–Trinajstić information content (AvgIpc) is 2.41. The number of carbonyl (C=O) groups excluding carboxylic acids is 1. The third kappa shape index (κ3) is 3.22. The summed E-state index contributed by atoms with van der Waals surface area (Å²) < 4.78 is 5.68. The molecule has 0 atom stereocenters. The standard InChI is InChI=1S/C16H15NO2/c1-11-3-7-14(8-4-11)19-15-9-5-13(6-10-15)12(2)16(17)18/h3-10H,2H2,1H3,(H2,17,18). The summed E-state index contributed by atoms with van der Waals surface area (Å²) in [4.78, 5) is 11.0. The second-order valence-corrected chi connectivity index (χ2v) is 4.28. The molecule has 1 amide bonds. The summed E-state index contributed by atoms with van der Waals surface area (Å²) in [6.45, 7) is 5.65. The second-order valence-electron chi connectivity index (χ2n) is 4.28. The normalized spacial score (nSPS) is 9.95. The first-order valence-electron chi connectivity index (χ1n) is 5.90. The lowest BCUT2D eigenvalue weighted by atomic mass is 10.1. The van der Waals surface area contributed by atoms with E-state index in [2.05, 4.69) is 6.58 Å². The monoisotopic (exact) mass is 253 g/mol. The maximum atomic E-state index is 11.0. The SMILES string of the molecule is C=C(C(N)=O)c1ccc(Oc2ccc(C)cc2)cc1. The van der Waals surface area contributed by atoms with Gasteiger partial charge in [-0.2, -0.15) is 0 Å². The van der Waals surface area contributed by atoms with Crippen LogP contribution in [-0.2, 0) is 4.79 Å². The first-order valence-corrected chi connectivity index (χ1v) is 5.90. The Hall–Kier alpha value is -2.55. The average molecular weight is 253 g/mol. The first-order chi connectivity index (χ1) is 9.06. The van der Waals surface area contributed by atoms with Crippen LogP contribution in [0, 0.1) is 6.92 Å². The number of aryl methyl sites for hydroxylation is 1. The Morgan fingerprint density at radius 3 is 1.95 bits per heavy atom. The van der Waals surface area contributed by atoms with Gasteiger partial charge >= 0.3 is 0 Å². The Labute approximate surface area is 112 Å². The number of benzene rings is 2. The number of nitrogens with two attached hydrogens (primary N) is 1. The highest BCUT2D eigenvalue weighted by Gasteiger charge is 2.05. The molecule has 3 heteroatoms. The lowest BCUT2D eigenvalue weighted by molar-refractivity contribution is -0.112. The molecule has 0 radical (unpaired) electrons. The molecule has 0 unspecified atom stereocenters. The molecule has 0 aliphatic heterocycles. The molecule has 19 heavy (non-hydrogen) atoms. The van der Waals surface area contributed by atoms with Crippen molar-refractivity contribution in [3.63, 3.8) is 0 Å². The van der Waals surface area contributed by atoms with Gasteiger partial charge in [0.15, 0.2) is 0 Å². The molecule has 96 valence electrons. The molecule has 0 spiro atoms. The number of primary amides is 1. The van der Waals surface area contributed by atoms with E-state index >= 15 is 0 Å². The fourth-order valence-electron chi connectivity index (χ4n) is 1.61.